The number of hydrogen-bond acceptors (Lipinski definition) is 13. The monoisotopic (exact) mass is 860 g/mol. The van der Waals surface area contributed by atoms with Gasteiger partial charge in [-0.2, -0.15) is 0 Å². The fraction of sp³-hybridized carbons (Fsp3) is 0.667. The van der Waals surface area contributed by atoms with Crippen molar-refractivity contribution in [2.24, 2.45) is 33.8 Å². The van der Waals surface area contributed by atoms with Crippen LogP contribution in [0.25, 0.3) is 11.1 Å². The molecule has 0 aromatic heterocycles. The molecule has 4 bridgehead atoms. The van der Waals surface area contributed by atoms with Gasteiger partial charge in [-0.3, -0.25) is 14.7 Å². The normalized spacial score (nSPS) is 38.9. The van der Waals surface area contributed by atoms with Gasteiger partial charge < -0.3 is 43.3 Å². The number of aliphatic hydroxyl groups excluding tert-OH is 1. The Morgan fingerprint density at radius 1 is 0.984 bits per heavy atom. The topological polar surface area (TPSA) is 150 Å². The third kappa shape index (κ3) is 9.19. The summed E-state index contributed by atoms with van der Waals surface area (Å²) in [5, 5.41) is 16.5. The van der Waals surface area contributed by atoms with Crippen LogP contribution < -0.4 is 0 Å². The van der Waals surface area contributed by atoms with Gasteiger partial charge in [-0.1, -0.05) is 87.4 Å². The summed E-state index contributed by atoms with van der Waals surface area (Å²) in [6.45, 7) is 16.9. The summed E-state index contributed by atoms with van der Waals surface area (Å²) in [4.78, 5) is 43.2. The van der Waals surface area contributed by atoms with Crippen LogP contribution in [0.3, 0.4) is 0 Å². The first-order valence-corrected chi connectivity index (χ1v) is 22.5. The summed E-state index contributed by atoms with van der Waals surface area (Å²) in [6, 6.07) is 17.6. The second kappa shape index (κ2) is 19.0. The first-order valence-electron chi connectivity index (χ1n) is 22.5. The van der Waals surface area contributed by atoms with Crippen LogP contribution in [0, 0.1) is 23.7 Å². The van der Waals surface area contributed by atoms with E-state index in [1.54, 1.807) is 11.8 Å². The van der Waals surface area contributed by atoms with Crippen molar-refractivity contribution in [3.8, 4) is 11.1 Å². The number of ether oxygens (including phenoxy) is 6. The number of hydrogen-bond donors (Lipinski definition) is 1. The molecule has 5 aliphatic heterocycles. The first kappa shape index (κ1) is 46.1. The van der Waals surface area contributed by atoms with E-state index >= 15 is 0 Å². The van der Waals surface area contributed by atoms with Crippen molar-refractivity contribution >= 4 is 23.5 Å². The summed E-state index contributed by atoms with van der Waals surface area (Å²) in [5.74, 6) is -2.25. The predicted molar refractivity (Wildman–Crippen MR) is 235 cm³/mol. The highest BCUT2D eigenvalue weighted by Gasteiger charge is 2.60. The number of aliphatic hydroxyl groups is 1. The Hall–Kier alpha value is -3.92. The quantitative estimate of drug-likeness (QED) is 0.229. The maximum absolute atomic E-state index is 14.6. The molecule has 5 heterocycles. The van der Waals surface area contributed by atoms with Crippen LogP contribution in [0.2, 0.25) is 0 Å². The van der Waals surface area contributed by atoms with E-state index in [1.807, 2.05) is 90.0 Å². The van der Waals surface area contributed by atoms with Crippen LogP contribution in [0.15, 0.2) is 64.7 Å². The van der Waals surface area contributed by atoms with Gasteiger partial charge in [0.2, 0.25) is 0 Å². The minimum absolute atomic E-state index is 0.000907. The Morgan fingerprint density at radius 2 is 1.71 bits per heavy atom. The number of esters is 1. The molecule has 2 aromatic carbocycles. The minimum Gasteiger partial charge on any atom is -0.458 e. The molecule has 5 aliphatic rings. The second-order valence-corrected chi connectivity index (χ2v) is 18.8. The molecule has 340 valence electrons. The highest BCUT2D eigenvalue weighted by Crippen LogP contribution is 2.45. The summed E-state index contributed by atoms with van der Waals surface area (Å²) >= 11 is 0. The number of benzene rings is 2. The van der Waals surface area contributed by atoms with Crippen LogP contribution in [0.4, 0.5) is 4.79 Å². The van der Waals surface area contributed by atoms with Gasteiger partial charge in [-0.25, -0.2) is 4.79 Å². The van der Waals surface area contributed by atoms with Crippen LogP contribution in [0.5, 0.6) is 0 Å². The zero-order valence-corrected chi connectivity index (χ0v) is 38.2. The molecule has 1 amide bonds. The molecule has 0 aliphatic carbocycles. The molecule has 14 heteroatoms. The van der Waals surface area contributed by atoms with Crippen molar-refractivity contribution in [1.29, 1.82) is 0 Å². The number of carbonyl (C=O) groups excluding carboxylic acids is 2. The van der Waals surface area contributed by atoms with Crippen molar-refractivity contribution < 1.29 is 48.0 Å². The van der Waals surface area contributed by atoms with E-state index in [0.717, 1.165) is 22.4 Å². The summed E-state index contributed by atoms with van der Waals surface area (Å²) < 4.78 is 40.1. The molecule has 14 atom stereocenters. The Balaban J connectivity index is 1.30. The van der Waals surface area contributed by atoms with E-state index in [4.69, 9.17) is 38.3 Å². The summed E-state index contributed by atoms with van der Waals surface area (Å²) in [7, 11) is 3.89. The van der Waals surface area contributed by atoms with E-state index in [-0.39, 0.29) is 43.8 Å². The summed E-state index contributed by atoms with van der Waals surface area (Å²) in [6.07, 6.45) is -3.44. The van der Waals surface area contributed by atoms with Gasteiger partial charge in [0.15, 0.2) is 11.9 Å². The molecular weight excluding hydrogens is 793 g/mol. The van der Waals surface area contributed by atoms with Crippen molar-refractivity contribution in [3.63, 3.8) is 0 Å². The van der Waals surface area contributed by atoms with Crippen LogP contribution in [-0.4, -0.2) is 139 Å². The van der Waals surface area contributed by atoms with Crippen molar-refractivity contribution in [2.45, 2.75) is 141 Å². The van der Waals surface area contributed by atoms with E-state index in [0.29, 0.717) is 38.1 Å². The number of carbonyl (C=O) groups is 2. The Morgan fingerprint density at radius 3 is 2.44 bits per heavy atom. The first-order chi connectivity index (χ1) is 29.6. The fourth-order valence-electron chi connectivity index (χ4n) is 11.0. The molecule has 7 rings (SSSR count). The zero-order valence-electron chi connectivity index (χ0n) is 38.2. The molecule has 0 spiro atoms. The van der Waals surface area contributed by atoms with Crippen molar-refractivity contribution in [2.75, 3.05) is 40.4 Å². The van der Waals surface area contributed by atoms with Gasteiger partial charge in [-0.15, -0.1) is 0 Å². The van der Waals surface area contributed by atoms with Gasteiger partial charge in [-0.05, 0) is 83.7 Å². The number of fused-ring (bicyclic) bond motifs is 4. The SMILES string of the molecule is CC[C@@H]1OC(=O)[C@H](C)[C@H]2OCC(=NOCc3ccccc3-c3ccccc3)CO[C@](C)(C[C@@H](C)C3=NCCN4C(=O)O[C@@]1(C)[C@H]4[C@H]3C)[C@@H](O[C@H]1O[C@@H](C)C[C@@H](N(C)C)[C@@H]1O)[C@@H]2C. The lowest BCUT2D eigenvalue weighted by molar-refractivity contribution is -0.302. The van der Waals surface area contributed by atoms with E-state index < -0.39 is 71.8 Å². The van der Waals surface area contributed by atoms with Crippen molar-refractivity contribution in [1.82, 2.24) is 9.80 Å². The minimum atomic E-state index is -1.14. The number of rotatable bonds is 8. The number of aliphatic imine (C=N–C) groups is 1. The number of amides is 1. The largest absolute Gasteiger partial charge is 0.458 e. The fourth-order valence-corrected chi connectivity index (χ4v) is 11.0. The smallest absolute Gasteiger partial charge is 0.410 e. The van der Waals surface area contributed by atoms with Gasteiger partial charge in [0.1, 0.15) is 24.5 Å². The molecule has 14 nitrogen and oxygen atoms in total. The van der Waals surface area contributed by atoms with Gasteiger partial charge in [0.05, 0.1) is 55.6 Å². The molecule has 4 fully saturated rings. The van der Waals surface area contributed by atoms with E-state index in [2.05, 4.69) is 37.2 Å². The Bertz CT molecular complexity index is 1950. The maximum Gasteiger partial charge on any atom is 0.410 e. The highest BCUT2D eigenvalue weighted by molar-refractivity contribution is 5.91. The lowest BCUT2D eigenvalue weighted by Crippen LogP contribution is -2.60. The average molecular weight is 861 g/mol. The molecule has 0 unspecified atom stereocenters. The third-order valence-electron chi connectivity index (χ3n) is 14.1. The van der Waals surface area contributed by atoms with Gasteiger partial charge in [0, 0.05) is 30.1 Å². The molecule has 1 N–H and O–H groups in total. The number of cyclic esters (lactones) is 1. The van der Waals surface area contributed by atoms with Crippen LogP contribution >= 0.6 is 0 Å². The van der Waals surface area contributed by atoms with E-state index in [9.17, 15) is 14.7 Å². The van der Waals surface area contributed by atoms with E-state index in [1.165, 1.54) is 0 Å². The number of nitrogens with zero attached hydrogens (tertiary/aromatic N) is 4. The lowest BCUT2D eigenvalue weighted by atomic mass is 9.72. The Labute approximate surface area is 367 Å². The number of likely N-dealkylation sites (N-methyl/N-ethyl adjacent to an activating group) is 1. The Kier molecular flexibility index (Phi) is 14.2. The number of oxime groups is 1. The third-order valence-corrected chi connectivity index (χ3v) is 14.1. The average Bonchev–Trinajstić information content (AvgIpc) is 3.39. The standard InChI is InChI=1S/C48H68N4O10/c1-11-38-48(8)42-30(4)39(49-21-22-52(42)46(55)62-48)28(2)24-47(7)43(61-45-40(53)37(51(9)10)23-29(3)59-45)31(5)41(32(6)44(54)60-38)56-26-35(27-57-47)50-58-25-34-19-15-16-20-36(34)33-17-13-12-14-18-33/h12-20,28-32,37-38,40-43,45,53H,11,21-27H2,1-10H3/t28-,29+,30+,31-,32-,37-,38+,40+,41+,42-,43+,45-,47-,48-/m1/s1. The molecule has 0 saturated carbocycles. The molecule has 0 radical (unpaired) electrons. The van der Waals surface area contributed by atoms with Gasteiger partial charge in [0.25, 0.3) is 0 Å². The maximum atomic E-state index is 14.6. The zero-order chi connectivity index (χ0) is 44.5. The molecule has 62 heavy (non-hydrogen) atoms. The van der Waals surface area contributed by atoms with Gasteiger partial charge >= 0.3 is 12.1 Å². The second-order valence-electron chi connectivity index (χ2n) is 18.8. The van der Waals surface area contributed by atoms with Crippen LogP contribution in [-0.2, 0) is 44.7 Å². The van der Waals surface area contributed by atoms with Crippen LogP contribution in [0.1, 0.15) is 80.2 Å². The highest BCUT2D eigenvalue weighted by atomic mass is 16.7. The predicted octanol–water partition coefficient (Wildman–Crippen LogP) is 6.52. The molecule has 2 aromatic rings. The summed E-state index contributed by atoms with van der Waals surface area (Å²) in [5.41, 5.74) is 2.27. The molecule has 4 saturated heterocycles. The van der Waals surface area contributed by atoms with Crippen molar-refractivity contribution in [3.05, 3.63) is 60.2 Å². The lowest BCUT2D eigenvalue weighted by Gasteiger charge is -2.48. The molecular formula is C48H68N4O10.